The van der Waals surface area contributed by atoms with Crippen LogP contribution >= 0.6 is 0 Å². The van der Waals surface area contributed by atoms with E-state index in [0.29, 0.717) is 11.3 Å². The monoisotopic (exact) mass is 290 g/mol. The minimum Gasteiger partial charge on any atom is -0.394 e. The van der Waals surface area contributed by atoms with Gasteiger partial charge in [0.05, 0.1) is 23.4 Å². The quantitative estimate of drug-likeness (QED) is 0.887. The number of amides is 2. The van der Waals surface area contributed by atoms with Gasteiger partial charge in [-0.15, -0.1) is 0 Å². The van der Waals surface area contributed by atoms with E-state index in [1.807, 2.05) is 0 Å². The van der Waals surface area contributed by atoms with E-state index < -0.39 is 5.54 Å². The van der Waals surface area contributed by atoms with Gasteiger partial charge < -0.3 is 15.3 Å². The molecule has 5 heteroatoms. The first-order chi connectivity index (χ1) is 9.99. The van der Waals surface area contributed by atoms with Crippen LogP contribution in [0.4, 0.5) is 5.69 Å². The zero-order valence-electron chi connectivity index (χ0n) is 12.6. The first-order valence-electron chi connectivity index (χ1n) is 7.26. The van der Waals surface area contributed by atoms with Gasteiger partial charge in [-0.2, -0.15) is 0 Å². The summed E-state index contributed by atoms with van der Waals surface area (Å²) >= 11 is 0. The molecule has 0 saturated heterocycles. The highest BCUT2D eigenvalue weighted by molar-refractivity contribution is 6.04. The largest absolute Gasteiger partial charge is 0.394 e. The topological polar surface area (TPSA) is 69.6 Å². The number of nitrogens with one attached hydrogen (secondary N) is 1. The maximum absolute atomic E-state index is 12.6. The molecule has 1 aliphatic carbocycles. The van der Waals surface area contributed by atoms with Crippen LogP contribution in [0.2, 0.25) is 0 Å². The molecular weight excluding hydrogens is 268 g/mol. The van der Waals surface area contributed by atoms with Crippen LogP contribution in [0.1, 0.15) is 43.0 Å². The third-order valence-corrected chi connectivity index (χ3v) is 4.22. The minimum absolute atomic E-state index is 0.0521. The van der Waals surface area contributed by atoms with Crippen molar-refractivity contribution in [3.05, 3.63) is 29.8 Å². The summed E-state index contributed by atoms with van der Waals surface area (Å²) in [7, 11) is 1.64. The van der Waals surface area contributed by atoms with Gasteiger partial charge in [-0.3, -0.25) is 9.59 Å². The van der Waals surface area contributed by atoms with Crippen LogP contribution in [-0.4, -0.2) is 36.1 Å². The summed E-state index contributed by atoms with van der Waals surface area (Å²) in [6.45, 7) is 1.41. The number of carbonyl (C=O) groups excluding carboxylic acids is 2. The van der Waals surface area contributed by atoms with E-state index in [2.05, 4.69) is 5.32 Å². The van der Waals surface area contributed by atoms with Gasteiger partial charge in [0.25, 0.3) is 5.91 Å². The van der Waals surface area contributed by atoms with E-state index in [1.54, 1.807) is 31.3 Å². The smallest absolute Gasteiger partial charge is 0.253 e. The molecule has 21 heavy (non-hydrogen) atoms. The number of aliphatic hydroxyl groups is 1. The molecule has 0 aromatic heterocycles. The van der Waals surface area contributed by atoms with Crippen molar-refractivity contribution in [2.45, 2.75) is 38.1 Å². The number of hydrogen-bond acceptors (Lipinski definition) is 3. The number of rotatable bonds is 4. The van der Waals surface area contributed by atoms with Gasteiger partial charge in [-0.25, -0.2) is 0 Å². The van der Waals surface area contributed by atoms with Crippen molar-refractivity contribution >= 4 is 17.5 Å². The normalized spacial score (nSPS) is 16.5. The van der Waals surface area contributed by atoms with E-state index in [9.17, 15) is 14.7 Å². The van der Waals surface area contributed by atoms with Gasteiger partial charge in [0.15, 0.2) is 0 Å². The molecule has 0 bridgehead atoms. The highest BCUT2D eigenvalue weighted by atomic mass is 16.3. The molecule has 2 rings (SSSR count). The van der Waals surface area contributed by atoms with E-state index >= 15 is 0 Å². The minimum atomic E-state index is -0.515. The van der Waals surface area contributed by atoms with Gasteiger partial charge in [-0.05, 0) is 25.0 Å². The fourth-order valence-corrected chi connectivity index (χ4v) is 2.81. The van der Waals surface area contributed by atoms with Crippen LogP contribution < -0.4 is 10.2 Å². The molecule has 0 spiro atoms. The van der Waals surface area contributed by atoms with Crippen LogP contribution in [0.15, 0.2) is 24.3 Å². The molecule has 0 radical (unpaired) electrons. The summed E-state index contributed by atoms with van der Waals surface area (Å²) in [6.07, 6.45) is 3.60. The maximum atomic E-state index is 12.6. The molecule has 1 saturated carbocycles. The Bertz CT molecular complexity index is 536. The molecule has 5 nitrogen and oxygen atoms in total. The number of para-hydroxylation sites is 1. The lowest BCUT2D eigenvalue weighted by Gasteiger charge is -2.29. The molecular formula is C16H22N2O3. The van der Waals surface area contributed by atoms with Crippen molar-refractivity contribution in [2.24, 2.45) is 0 Å². The second-order valence-corrected chi connectivity index (χ2v) is 5.69. The number of carbonyl (C=O) groups is 2. The Hall–Kier alpha value is -1.88. The highest BCUT2D eigenvalue weighted by Crippen LogP contribution is 2.30. The Kier molecular flexibility index (Phi) is 4.63. The van der Waals surface area contributed by atoms with E-state index in [0.717, 1.165) is 25.7 Å². The van der Waals surface area contributed by atoms with Crippen LogP contribution in [-0.2, 0) is 4.79 Å². The Labute approximate surface area is 125 Å². The summed E-state index contributed by atoms with van der Waals surface area (Å²) in [5.41, 5.74) is 0.516. The first kappa shape index (κ1) is 15.5. The molecule has 0 atom stereocenters. The first-order valence-corrected chi connectivity index (χ1v) is 7.26. The number of aliphatic hydroxyl groups excluding tert-OH is 1. The molecule has 1 aromatic rings. The summed E-state index contributed by atoms with van der Waals surface area (Å²) in [5.74, 6) is -0.373. The van der Waals surface area contributed by atoms with Crippen molar-refractivity contribution in [3.8, 4) is 0 Å². The fraction of sp³-hybridized carbons (Fsp3) is 0.500. The third kappa shape index (κ3) is 3.24. The SMILES string of the molecule is CC(=O)N(C)c1ccccc1C(=O)NC1(CO)CCCC1. The lowest BCUT2D eigenvalue weighted by molar-refractivity contribution is -0.116. The zero-order valence-corrected chi connectivity index (χ0v) is 12.6. The number of hydrogen-bond donors (Lipinski definition) is 2. The molecule has 1 fully saturated rings. The summed E-state index contributed by atoms with van der Waals surface area (Å²) in [6, 6.07) is 7.01. The van der Waals surface area contributed by atoms with Crippen LogP contribution in [0, 0.1) is 0 Å². The average molecular weight is 290 g/mol. The van der Waals surface area contributed by atoms with E-state index in [-0.39, 0.29) is 18.4 Å². The number of benzene rings is 1. The third-order valence-electron chi connectivity index (χ3n) is 4.22. The molecule has 1 aromatic carbocycles. The molecule has 2 amide bonds. The van der Waals surface area contributed by atoms with Crippen LogP contribution in [0.25, 0.3) is 0 Å². The molecule has 114 valence electrons. The maximum Gasteiger partial charge on any atom is 0.253 e. The molecule has 2 N–H and O–H groups in total. The Morgan fingerprint density at radius 1 is 1.29 bits per heavy atom. The van der Waals surface area contributed by atoms with E-state index in [4.69, 9.17) is 0 Å². The molecule has 0 heterocycles. The second-order valence-electron chi connectivity index (χ2n) is 5.69. The Morgan fingerprint density at radius 2 is 1.90 bits per heavy atom. The summed E-state index contributed by atoms with van der Waals surface area (Å²) < 4.78 is 0. The fourth-order valence-electron chi connectivity index (χ4n) is 2.81. The lowest BCUT2D eigenvalue weighted by Crippen LogP contribution is -2.49. The highest BCUT2D eigenvalue weighted by Gasteiger charge is 2.35. The predicted molar refractivity (Wildman–Crippen MR) is 81.3 cm³/mol. The number of anilines is 1. The summed E-state index contributed by atoms with van der Waals surface area (Å²) in [5, 5.41) is 12.6. The van der Waals surface area contributed by atoms with Gasteiger partial charge in [0, 0.05) is 14.0 Å². The molecule has 1 aliphatic rings. The molecule has 0 aliphatic heterocycles. The van der Waals surface area contributed by atoms with Gasteiger partial charge in [0.1, 0.15) is 0 Å². The van der Waals surface area contributed by atoms with Gasteiger partial charge >= 0.3 is 0 Å². The average Bonchev–Trinajstić information content (AvgIpc) is 2.95. The molecule has 0 unspecified atom stereocenters. The van der Waals surface area contributed by atoms with Crippen LogP contribution in [0.3, 0.4) is 0 Å². The van der Waals surface area contributed by atoms with Crippen molar-refractivity contribution < 1.29 is 14.7 Å². The zero-order chi connectivity index (χ0) is 15.5. The Morgan fingerprint density at radius 3 is 2.48 bits per heavy atom. The standard InChI is InChI=1S/C16H22N2O3/c1-12(20)18(2)14-8-4-3-7-13(14)15(21)17-16(11-19)9-5-6-10-16/h3-4,7-8,19H,5-6,9-11H2,1-2H3,(H,17,21). The van der Waals surface area contributed by atoms with Gasteiger partial charge in [0.2, 0.25) is 5.91 Å². The van der Waals surface area contributed by atoms with Crippen molar-refractivity contribution in [3.63, 3.8) is 0 Å². The summed E-state index contributed by atoms with van der Waals surface area (Å²) in [4.78, 5) is 25.5. The van der Waals surface area contributed by atoms with Crippen molar-refractivity contribution in [1.29, 1.82) is 0 Å². The second kappa shape index (κ2) is 6.26. The van der Waals surface area contributed by atoms with Crippen LogP contribution in [0.5, 0.6) is 0 Å². The number of nitrogens with zero attached hydrogens (tertiary/aromatic N) is 1. The van der Waals surface area contributed by atoms with Crippen molar-refractivity contribution in [1.82, 2.24) is 5.32 Å². The van der Waals surface area contributed by atoms with Gasteiger partial charge in [-0.1, -0.05) is 25.0 Å². The lowest BCUT2D eigenvalue weighted by atomic mass is 9.98. The van der Waals surface area contributed by atoms with Crippen molar-refractivity contribution in [2.75, 3.05) is 18.6 Å². The predicted octanol–water partition coefficient (Wildman–Crippen LogP) is 1.70. The van der Waals surface area contributed by atoms with E-state index in [1.165, 1.54) is 11.8 Å². The Balaban J connectivity index is 2.25.